The minimum atomic E-state index is -0.0341. The van der Waals surface area contributed by atoms with E-state index >= 15 is 0 Å². The zero-order valence-corrected chi connectivity index (χ0v) is 12.6. The second-order valence-corrected chi connectivity index (χ2v) is 6.11. The molecule has 0 bridgehead atoms. The van der Waals surface area contributed by atoms with Crippen molar-refractivity contribution in [3.63, 3.8) is 0 Å². The molecular weight excluding hydrogens is 312 g/mol. The van der Waals surface area contributed by atoms with Gasteiger partial charge in [0.05, 0.1) is 13.2 Å². The zero-order chi connectivity index (χ0) is 13.1. The lowest BCUT2D eigenvalue weighted by Gasteiger charge is -2.17. The molecule has 0 amide bonds. The normalized spacial score (nSPS) is 12.4. The Hall–Kier alpha value is -0.880. The van der Waals surface area contributed by atoms with Crippen LogP contribution in [0.25, 0.3) is 0 Å². The maximum absolute atomic E-state index is 5.70. The van der Waals surface area contributed by atoms with Gasteiger partial charge in [-0.2, -0.15) is 0 Å². The van der Waals surface area contributed by atoms with Crippen LogP contribution in [0.5, 0.6) is 5.75 Å². The van der Waals surface area contributed by atoms with Gasteiger partial charge in [-0.15, -0.1) is 11.3 Å². The van der Waals surface area contributed by atoms with Crippen molar-refractivity contribution in [3.05, 3.63) is 50.1 Å². The summed E-state index contributed by atoms with van der Waals surface area (Å²) in [4.78, 5) is 2.45. The number of nitrogens with one attached hydrogen (secondary N) is 1. The van der Waals surface area contributed by atoms with Gasteiger partial charge in [0.2, 0.25) is 0 Å². The fourth-order valence-electron chi connectivity index (χ4n) is 1.80. The molecule has 0 fully saturated rings. The fraction of sp³-hybridized carbons (Fsp3) is 0.231. The third kappa shape index (κ3) is 2.75. The summed E-state index contributed by atoms with van der Waals surface area (Å²) >= 11 is 5.29. The lowest BCUT2D eigenvalue weighted by molar-refractivity contribution is 0.413. The van der Waals surface area contributed by atoms with Crippen molar-refractivity contribution in [2.75, 3.05) is 7.11 Å². The van der Waals surface area contributed by atoms with Crippen LogP contribution < -0.4 is 16.0 Å². The maximum Gasteiger partial charge on any atom is 0.119 e. The number of methoxy groups -OCH3 is 1. The van der Waals surface area contributed by atoms with Crippen molar-refractivity contribution in [3.8, 4) is 5.75 Å². The number of benzene rings is 1. The third-order valence-electron chi connectivity index (χ3n) is 2.73. The average molecular weight is 327 g/mol. The molecule has 18 heavy (non-hydrogen) atoms. The fourth-order valence-corrected chi connectivity index (χ4v) is 3.24. The summed E-state index contributed by atoms with van der Waals surface area (Å²) in [5.41, 5.74) is 3.93. The Morgan fingerprint density at radius 3 is 2.67 bits per heavy atom. The quantitative estimate of drug-likeness (QED) is 0.668. The van der Waals surface area contributed by atoms with E-state index < -0.39 is 0 Å². The number of aryl methyl sites for hydroxylation is 1. The Morgan fingerprint density at radius 2 is 2.11 bits per heavy atom. The molecule has 96 valence electrons. The van der Waals surface area contributed by atoms with Crippen LogP contribution in [0, 0.1) is 6.92 Å². The van der Waals surface area contributed by atoms with E-state index in [9.17, 15) is 0 Å². The van der Waals surface area contributed by atoms with Crippen LogP contribution in [0.3, 0.4) is 0 Å². The first kappa shape index (κ1) is 13.5. The summed E-state index contributed by atoms with van der Waals surface area (Å²) in [7, 11) is 1.66. The summed E-state index contributed by atoms with van der Waals surface area (Å²) in [6, 6.07) is 10.0. The van der Waals surface area contributed by atoms with Gasteiger partial charge in [0.15, 0.2) is 0 Å². The minimum Gasteiger partial charge on any atom is -0.497 e. The van der Waals surface area contributed by atoms with Crippen LogP contribution in [-0.2, 0) is 0 Å². The number of hydrogen-bond acceptors (Lipinski definition) is 4. The Bertz CT molecular complexity index is 542. The van der Waals surface area contributed by atoms with Crippen LogP contribution in [-0.4, -0.2) is 7.11 Å². The smallest absolute Gasteiger partial charge is 0.119 e. The third-order valence-corrected chi connectivity index (χ3v) is 4.51. The van der Waals surface area contributed by atoms with Crippen molar-refractivity contribution in [1.82, 2.24) is 5.43 Å². The van der Waals surface area contributed by atoms with Gasteiger partial charge in [-0.3, -0.25) is 5.84 Å². The molecule has 0 aliphatic heterocycles. The highest BCUT2D eigenvalue weighted by atomic mass is 79.9. The molecule has 3 nitrogen and oxygen atoms in total. The Morgan fingerprint density at radius 1 is 1.33 bits per heavy atom. The van der Waals surface area contributed by atoms with E-state index in [1.165, 1.54) is 9.75 Å². The van der Waals surface area contributed by atoms with Crippen molar-refractivity contribution in [1.29, 1.82) is 0 Å². The lowest BCUT2D eigenvalue weighted by Crippen LogP contribution is -2.28. The number of hydrazine groups is 1. The van der Waals surface area contributed by atoms with E-state index in [1.807, 2.05) is 18.2 Å². The Balaban J connectivity index is 2.44. The standard InChI is InChI=1S/C13H15BrN2OS/c1-8-3-6-12(18-8)13(16-15)10-7-9(17-2)4-5-11(10)14/h3-7,13,16H,15H2,1-2H3. The first-order valence-corrected chi connectivity index (χ1v) is 7.12. The molecule has 1 aromatic carbocycles. The first-order valence-electron chi connectivity index (χ1n) is 5.51. The predicted octanol–water partition coefficient (Wildman–Crippen LogP) is 3.38. The topological polar surface area (TPSA) is 47.3 Å². The molecule has 0 spiro atoms. The molecular formula is C13H15BrN2OS. The molecule has 2 aromatic rings. The molecule has 1 heterocycles. The highest BCUT2D eigenvalue weighted by Crippen LogP contribution is 2.34. The van der Waals surface area contributed by atoms with Gasteiger partial charge in [0.25, 0.3) is 0 Å². The van der Waals surface area contributed by atoms with E-state index in [0.717, 1.165) is 15.8 Å². The summed E-state index contributed by atoms with van der Waals surface area (Å²) in [6.45, 7) is 2.09. The molecule has 0 radical (unpaired) electrons. The van der Waals surface area contributed by atoms with Crippen molar-refractivity contribution >= 4 is 27.3 Å². The van der Waals surface area contributed by atoms with Crippen molar-refractivity contribution in [2.24, 2.45) is 5.84 Å². The number of ether oxygens (including phenoxy) is 1. The number of thiophene rings is 1. The molecule has 1 aromatic heterocycles. The molecule has 0 aliphatic carbocycles. The van der Waals surface area contributed by atoms with Crippen LogP contribution in [0.1, 0.15) is 21.4 Å². The van der Waals surface area contributed by atoms with E-state index in [0.29, 0.717) is 0 Å². The number of nitrogens with two attached hydrogens (primary N) is 1. The molecule has 3 N–H and O–H groups in total. The average Bonchev–Trinajstić information content (AvgIpc) is 2.79. The van der Waals surface area contributed by atoms with Crippen molar-refractivity contribution in [2.45, 2.75) is 13.0 Å². The van der Waals surface area contributed by atoms with Crippen LogP contribution >= 0.6 is 27.3 Å². The van der Waals surface area contributed by atoms with Gasteiger partial charge < -0.3 is 4.74 Å². The van der Waals surface area contributed by atoms with Gasteiger partial charge in [-0.1, -0.05) is 15.9 Å². The molecule has 2 rings (SSSR count). The molecule has 0 saturated carbocycles. The molecule has 0 saturated heterocycles. The van der Waals surface area contributed by atoms with Crippen LogP contribution in [0.4, 0.5) is 0 Å². The maximum atomic E-state index is 5.70. The van der Waals surface area contributed by atoms with E-state index in [4.69, 9.17) is 10.6 Å². The zero-order valence-electron chi connectivity index (χ0n) is 10.2. The highest BCUT2D eigenvalue weighted by Gasteiger charge is 2.17. The summed E-state index contributed by atoms with van der Waals surface area (Å²) < 4.78 is 6.27. The molecule has 5 heteroatoms. The number of rotatable bonds is 4. The van der Waals surface area contributed by atoms with Crippen molar-refractivity contribution < 1.29 is 4.74 Å². The summed E-state index contributed by atoms with van der Waals surface area (Å²) in [5, 5.41) is 0. The SMILES string of the molecule is COc1ccc(Br)c(C(NN)c2ccc(C)s2)c1. The van der Waals surface area contributed by atoms with E-state index in [1.54, 1.807) is 18.4 Å². The van der Waals surface area contributed by atoms with E-state index in [2.05, 4.69) is 40.4 Å². The van der Waals surface area contributed by atoms with Gasteiger partial charge in [-0.25, -0.2) is 5.43 Å². The summed E-state index contributed by atoms with van der Waals surface area (Å²) in [6.07, 6.45) is 0. The monoisotopic (exact) mass is 326 g/mol. The minimum absolute atomic E-state index is 0.0341. The second kappa shape index (κ2) is 5.84. The largest absolute Gasteiger partial charge is 0.497 e. The summed E-state index contributed by atoms with van der Waals surface area (Å²) in [5.74, 6) is 6.52. The van der Waals surface area contributed by atoms with Crippen LogP contribution in [0.15, 0.2) is 34.8 Å². The second-order valence-electron chi connectivity index (χ2n) is 3.94. The number of hydrogen-bond donors (Lipinski definition) is 2. The van der Waals surface area contributed by atoms with Gasteiger partial charge in [0, 0.05) is 14.2 Å². The molecule has 1 unspecified atom stereocenters. The Kier molecular flexibility index (Phi) is 4.40. The first-order chi connectivity index (χ1) is 8.65. The van der Waals surface area contributed by atoms with Crippen LogP contribution in [0.2, 0.25) is 0 Å². The van der Waals surface area contributed by atoms with E-state index in [-0.39, 0.29) is 6.04 Å². The van der Waals surface area contributed by atoms with Gasteiger partial charge >= 0.3 is 0 Å². The highest BCUT2D eigenvalue weighted by molar-refractivity contribution is 9.10. The Labute approximate surface area is 119 Å². The van der Waals surface area contributed by atoms with Gasteiger partial charge in [0.1, 0.15) is 5.75 Å². The number of halogens is 1. The lowest BCUT2D eigenvalue weighted by atomic mass is 10.1. The van der Waals surface area contributed by atoms with Gasteiger partial charge in [-0.05, 0) is 42.8 Å². The molecule has 1 atom stereocenters. The molecule has 0 aliphatic rings. The predicted molar refractivity (Wildman–Crippen MR) is 78.9 cm³/mol.